The van der Waals surface area contributed by atoms with Crippen molar-refractivity contribution in [1.29, 1.82) is 5.26 Å². The number of methoxy groups -OCH3 is 1. The maximum Gasteiger partial charge on any atom is 0.255 e. The zero-order valence-electron chi connectivity index (χ0n) is 15.4. The molecule has 1 aromatic carbocycles. The van der Waals surface area contributed by atoms with Gasteiger partial charge in [0.2, 0.25) is 0 Å². The number of amides is 1. The summed E-state index contributed by atoms with van der Waals surface area (Å²) in [5.74, 6) is 4.40. The van der Waals surface area contributed by atoms with Crippen LogP contribution >= 0.6 is 0 Å². The van der Waals surface area contributed by atoms with Gasteiger partial charge >= 0.3 is 0 Å². The van der Waals surface area contributed by atoms with E-state index in [1.807, 2.05) is 0 Å². The molecule has 0 spiro atoms. The van der Waals surface area contributed by atoms with Crippen LogP contribution in [0.4, 0.5) is 4.39 Å². The largest absolute Gasteiger partial charge is 0.496 e. The Morgan fingerprint density at radius 1 is 1.41 bits per heavy atom. The first-order valence-electron chi connectivity index (χ1n) is 8.06. The van der Waals surface area contributed by atoms with Gasteiger partial charge in [0, 0.05) is 11.8 Å². The van der Waals surface area contributed by atoms with Crippen molar-refractivity contribution in [1.82, 2.24) is 5.01 Å². The van der Waals surface area contributed by atoms with Crippen LogP contribution in [0.3, 0.4) is 0 Å². The molecule has 0 aromatic heterocycles. The van der Waals surface area contributed by atoms with Gasteiger partial charge < -0.3 is 10.5 Å². The second-order valence-electron chi connectivity index (χ2n) is 6.46. The minimum Gasteiger partial charge on any atom is -0.496 e. The number of allylic oxidation sites excluding steroid dienone is 5. The fourth-order valence-corrected chi connectivity index (χ4v) is 2.69. The van der Waals surface area contributed by atoms with E-state index in [1.165, 1.54) is 30.3 Å². The van der Waals surface area contributed by atoms with Gasteiger partial charge in [0.25, 0.3) is 5.91 Å². The Balaban J connectivity index is 2.60. The van der Waals surface area contributed by atoms with Gasteiger partial charge in [-0.2, -0.15) is 5.26 Å². The van der Waals surface area contributed by atoms with Gasteiger partial charge in [-0.3, -0.25) is 9.80 Å². The second kappa shape index (κ2) is 7.48. The van der Waals surface area contributed by atoms with Crippen LogP contribution in [0, 0.1) is 22.6 Å². The average Bonchev–Trinajstić information content (AvgIpc) is 2.62. The number of hydrogen-bond acceptors (Lipinski definition) is 5. The molecule has 27 heavy (non-hydrogen) atoms. The smallest absolute Gasteiger partial charge is 0.255 e. The van der Waals surface area contributed by atoms with Crippen molar-refractivity contribution in [2.45, 2.75) is 13.8 Å². The molecule has 1 aromatic rings. The number of hydrogen-bond donors (Lipinski definition) is 2. The van der Waals surface area contributed by atoms with Gasteiger partial charge in [-0.1, -0.05) is 18.7 Å². The van der Waals surface area contributed by atoms with Crippen molar-refractivity contribution in [3.8, 4) is 11.8 Å². The lowest BCUT2D eigenvalue weighted by Gasteiger charge is -2.27. The Morgan fingerprint density at radius 2 is 2.07 bits per heavy atom. The van der Waals surface area contributed by atoms with E-state index >= 15 is 0 Å². The number of nitriles is 1. The number of ether oxygens (including phenoxy) is 1. The Bertz CT molecular complexity index is 936. The lowest BCUT2D eigenvalue weighted by atomic mass is 9.84. The summed E-state index contributed by atoms with van der Waals surface area (Å²) < 4.78 is 19.5. The average molecular weight is 368 g/mol. The van der Waals surface area contributed by atoms with Crippen molar-refractivity contribution >= 4 is 11.5 Å². The van der Waals surface area contributed by atoms with Crippen molar-refractivity contribution in [2.24, 2.45) is 17.0 Å². The molecule has 0 atom stereocenters. The molecule has 0 fully saturated rings. The highest BCUT2D eigenvalue weighted by Crippen LogP contribution is 2.34. The molecule has 0 unspecified atom stereocenters. The highest BCUT2D eigenvalue weighted by atomic mass is 19.1. The number of carbonyl (C=O) groups excluding carboxylic acids is 1. The summed E-state index contributed by atoms with van der Waals surface area (Å²) in [6.45, 7) is 7.33. The summed E-state index contributed by atoms with van der Waals surface area (Å²) in [6.07, 6.45) is 6.65. The molecule has 1 aliphatic rings. The molecule has 0 aliphatic carbocycles. The number of halogens is 1. The van der Waals surface area contributed by atoms with Crippen LogP contribution in [-0.2, 0) is 0 Å². The molecule has 0 radical (unpaired) electrons. The van der Waals surface area contributed by atoms with Gasteiger partial charge in [0.1, 0.15) is 17.1 Å². The molecule has 1 amide bonds. The topological polar surface area (TPSA) is 105 Å². The summed E-state index contributed by atoms with van der Waals surface area (Å²) in [4.78, 5) is 11.5. The van der Waals surface area contributed by atoms with E-state index in [0.717, 1.165) is 5.57 Å². The molecule has 7 heteroatoms. The second-order valence-corrected chi connectivity index (χ2v) is 6.46. The minimum atomic E-state index is -0.923. The fraction of sp³-hybridized carbons (Fsp3) is 0.200. The predicted octanol–water partition coefficient (Wildman–Crippen LogP) is 3.01. The molecular formula is C20H21FN4O2. The number of benzene rings is 1. The zero-order chi connectivity index (χ0) is 20.4. The lowest BCUT2D eigenvalue weighted by molar-refractivity contribution is 0.0993. The molecule has 1 aliphatic heterocycles. The highest BCUT2D eigenvalue weighted by Gasteiger charge is 2.25. The van der Waals surface area contributed by atoms with E-state index < -0.39 is 17.1 Å². The van der Waals surface area contributed by atoms with E-state index in [9.17, 15) is 14.4 Å². The molecule has 4 N–H and O–H groups in total. The molecule has 0 saturated carbocycles. The summed E-state index contributed by atoms with van der Waals surface area (Å²) in [5.41, 5.74) is 6.38. The highest BCUT2D eigenvalue weighted by molar-refractivity contribution is 5.96. The third-order valence-electron chi connectivity index (χ3n) is 4.29. The van der Waals surface area contributed by atoms with E-state index in [0.29, 0.717) is 16.8 Å². The third kappa shape index (κ3) is 3.76. The van der Waals surface area contributed by atoms with Crippen LogP contribution in [0.2, 0.25) is 0 Å². The van der Waals surface area contributed by atoms with Crippen molar-refractivity contribution in [3.05, 3.63) is 71.4 Å². The minimum absolute atomic E-state index is 0.0163. The van der Waals surface area contributed by atoms with E-state index in [-0.39, 0.29) is 11.3 Å². The normalized spacial score (nSPS) is 15.7. The Labute approximate surface area is 157 Å². The van der Waals surface area contributed by atoms with Crippen LogP contribution < -0.4 is 16.3 Å². The fourth-order valence-electron chi connectivity index (χ4n) is 2.69. The maximum absolute atomic E-state index is 14.4. The van der Waals surface area contributed by atoms with Gasteiger partial charge in [-0.05, 0) is 43.2 Å². The van der Waals surface area contributed by atoms with Gasteiger partial charge in [-0.25, -0.2) is 10.2 Å². The third-order valence-corrected chi connectivity index (χ3v) is 4.29. The Kier molecular flexibility index (Phi) is 5.52. The standard InChI is InChI=1S/C20H21FN4O2/c1-5-14(12-8-15(21)18(19(23)26)17(9-12)27-4)16-7-6-13(10-25(16)24)20(2,3)11-22/h5-10H,1,24H2,2-4H3,(H2,23,26)/b16-14+. The monoisotopic (exact) mass is 368 g/mol. The number of nitrogens with zero attached hydrogens (tertiary/aromatic N) is 2. The van der Waals surface area contributed by atoms with Gasteiger partial charge in [0.05, 0.1) is 24.3 Å². The van der Waals surface area contributed by atoms with Crippen molar-refractivity contribution in [2.75, 3.05) is 7.11 Å². The first-order valence-corrected chi connectivity index (χ1v) is 8.06. The first-order chi connectivity index (χ1) is 12.7. The summed E-state index contributed by atoms with van der Waals surface area (Å²) in [5, 5.41) is 10.6. The number of primary amides is 1. The molecular weight excluding hydrogens is 347 g/mol. The van der Waals surface area contributed by atoms with Crippen LogP contribution in [0.5, 0.6) is 5.75 Å². The Hall–Kier alpha value is -3.37. The summed E-state index contributed by atoms with van der Waals surface area (Å²) >= 11 is 0. The molecule has 140 valence electrons. The maximum atomic E-state index is 14.4. The van der Waals surface area contributed by atoms with Gasteiger partial charge in [-0.15, -0.1) is 0 Å². The van der Waals surface area contributed by atoms with E-state index in [2.05, 4.69) is 12.6 Å². The lowest BCUT2D eigenvalue weighted by Crippen LogP contribution is -2.29. The first kappa shape index (κ1) is 19.9. The van der Waals surface area contributed by atoms with E-state index in [1.54, 1.807) is 32.2 Å². The van der Waals surface area contributed by atoms with Crippen LogP contribution in [0.25, 0.3) is 5.57 Å². The van der Waals surface area contributed by atoms with Crippen LogP contribution in [-0.4, -0.2) is 18.0 Å². The SMILES string of the molecule is C=C/C(=C1/C=CC(C(C)(C)C#N)=CN1N)c1cc(F)c(C(N)=O)c(OC)c1. The number of hydrazine groups is 1. The molecule has 0 saturated heterocycles. The molecule has 6 nitrogen and oxygen atoms in total. The number of nitrogens with two attached hydrogens (primary N) is 2. The number of carbonyl (C=O) groups is 1. The van der Waals surface area contributed by atoms with E-state index in [4.69, 9.17) is 16.3 Å². The van der Waals surface area contributed by atoms with Crippen molar-refractivity contribution in [3.63, 3.8) is 0 Å². The van der Waals surface area contributed by atoms with Crippen LogP contribution in [0.15, 0.2) is 54.4 Å². The quantitative estimate of drug-likeness (QED) is 0.777. The number of rotatable bonds is 5. The Morgan fingerprint density at radius 3 is 2.56 bits per heavy atom. The predicted molar refractivity (Wildman–Crippen MR) is 101 cm³/mol. The zero-order valence-corrected chi connectivity index (χ0v) is 15.4. The molecule has 0 bridgehead atoms. The molecule has 2 rings (SSSR count). The van der Waals surface area contributed by atoms with Crippen molar-refractivity contribution < 1.29 is 13.9 Å². The summed E-state index contributed by atoms with van der Waals surface area (Å²) in [6, 6.07) is 4.88. The molecule has 1 heterocycles. The summed E-state index contributed by atoms with van der Waals surface area (Å²) in [7, 11) is 1.32. The van der Waals surface area contributed by atoms with Crippen LogP contribution in [0.1, 0.15) is 29.8 Å². The van der Waals surface area contributed by atoms with Gasteiger partial charge in [0.15, 0.2) is 0 Å².